The van der Waals surface area contributed by atoms with E-state index in [0.717, 1.165) is 11.3 Å². The van der Waals surface area contributed by atoms with Gasteiger partial charge >= 0.3 is 0 Å². The fourth-order valence-electron chi connectivity index (χ4n) is 2.00. The number of hydrogen-bond donors (Lipinski definition) is 1. The Labute approximate surface area is 102 Å². The summed E-state index contributed by atoms with van der Waals surface area (Å²) in [5.74, 6) is 0.282. The fraction of sp³-hybridized carbons (Fsp3) is 0.357. The van der Waals surface area contributed by atoms with E-state index in [0.29, 0.717) is 5.69 Å². The van der Waals surface area contributed by atoms with Gasteiger partial charge in [-0.2, -0.15) is 5.10 Å². The summed E-state index contributed by atoms with van der Waals surface area (Å²) in [5.41, 5.74) is 3.61. The first-order chi connectivity index (χ1) is 8.00. The smallest absolute Gasteiger partial charge is 0.164 e. The Hall–Kier alpha value is -1.77. The Morgan fingerprint density at radius 2 is 1.94 bits per heavy atom. The van der Waals surface area contributed by atoms with Crippen molar-refractivity contribution in [2.45, 2.75) is 33.7 Å². The third kappa shape index (κ3) is 2.05. The minimum Gasteiger partial charge on any atom is -0.504 e. The van der Waals surface area contributed by atoms with Gasteiger partial charge in [-0.1, -0.05) is 23.8 Å². The van der Waals surface area contributed by atoms with Crippen LogP contribution in [0.25, 0.3) is 11.3 Å². The standard InChI is InChI=1S/C14H18N2O/c1-9(2)16-11(4)14(17)13(15-16)12-7-5-6-10(3)8-12/h5-9,17H,1-4H3. The number of aryl methyl sites for hydroxylation is 1. The summed E-state index contributed by atoms with van der Waals surface area (Å²) in [7, 11) is 0. The Morgan fingerprint density at radius 1 is 1.24 bits per heavy atom. The van der Waals surface area contributed by atoms with E-state index in [1.807, 2.05) is 42.8 Å². The van der Waals surface area contributed by atoms with Crippen LogP contribution in [-0.2, 0) is 0 Å². The number of rotatable bonds is 2. The average Bonchev–Trinajstić information content (AvgIpc) is 2.56. The average molecular weight is 230 g/mol. The fourth-order valence-corrected chi connectivity index (χ4v) is 2.00. The topological polar surface area (TPSA) is 38.0 Å². The van der Waals surface area contributed by atoms with Gasteiger partial charge in [-0.15, -0.1) is 0 Å². The van der Waals surface area contributed by atoms with Gasteiger partial charge in [-0.3, -0.25) is 4.68 Å². The molecule has 0 aliphatic heterocycles. The molecule has 0 unspecified atom stereocenters. The van der Waals surface area contributed by atoms with Crippen LogP contribution in [-0.4, -0.2) is 14.9 Å². The summed E-state index contributed by atoms with van der Waals surface area (Å²) in [6.45, 7) is 8.04. The lowest BCUT2D eigenvalue weighted by Gasteiger charge is -2.06. The second-order valence-corrected chi connectivity index (χ2v) is 4.69. The van der Waals surface area contributed by atoms with Crippen LogP contribution in [0.5, 0.6) is 5.75 Å². The molecule has 0 radical (unpaired) electrons. The van der Waals surface area contributed by atoms with Crippen LogP contribution in [0.1, 0.15) is 31.1 Å². The number of nitrogens with zero attached hydrogens (tertiary/aromatic N) is 2. The highest BCUT2D eigenvalue weighted by Crippen LogP contribution is 2.32. The Balaban J connectivity index is 2.57. The maximum Gasteiger partial charge on any atom is 0.164 e. The summed E-state index contributed by atoms with van der Waals surface area (Å²) in [6, 6.07) is 8.27. The molecule has 1 aromatic carbocycles. The molecule has 0 aliphatic carbocycles. The first-order valence-corrected chi connectivity index (χ1v) is 5.86. The quantitative estimate of drug-likeness (QED) is 0.858. The SMILES string of the molecule is Cc1cccc(-c2nn(C(C)C)c(C)c2O)c1. The lowest BCUT2D eigenvalue weighted by molar-refractivity contribution is 0.461. The van der Waals surface area contributed by atoms with Crippen molar-refractivity contribution in [1.82, 2.24) is 9.78 Å². The first-order valence-electron chi connectivity index (χ1n) is 5.86. The molecule has 2 rings (SSSR count). The molecule has 0 bridgehead atoms. The van der Waals surface area contributed by atoms with Crippen LogP contribution >= 0.6 is 0 Å². The van der Waals surface area contributed by atoms with Crippen molar-refractivity contribution in [3.05, 3.63) is 35.5 Å². The maximum atomic E-state index is 10.1. The van der Waals surface area contributed by atoms with Crippen LogP contribution in [0.2, 0.25) is 0 Å². The Bertz CT molecular complexity index is 541. The van der Waals surface area contributed by atoms with Crippen LogP contribution < -0.4 is 0 Å². The van der Waals surface area contributed by atoms with E-state index in [2.05, 4.69) is 18.9 Å². The largest absolute Gasteiger partial charge is 0.504 e. The van der Waals surface area contributed by atoms with Gasteiger partial charge in [0.05, 0.1) is 5.69 Å². The van der Waals surface area contributed by atoms with Gasteiger partial charge in [0.15, 0.2) is 5.75 Å². The van der Waals surface area contributed by atoms with E-state index in [4.69, 9.17) is 0 Å². The highest BCUT2D eigenvalue weighted by molar-refractivity contribution is 5.67. The van der Waals surface area contributed by atoms with Gasteiger partial charge in [-0.05, 0) is 33.8 Å². The Morgan fingerprint density at radius 3 is 2.47 bits per heavy atom. The van der Waals surface area contributed by atoms with Crippen molar-refractivity contribution >= 4 is 0 Å². The lowest BCUT2D eigenvalue weighted by atomic mass is 10.1. The van der Waals surface area contributed by atoms with Crippen molar-refractivity contribution in [2.75, 3.05) is 0 Å². The zero-order valence-electron chi connectivity index (χ0n) is 10.7. The predicted octanol–water partition coefficient (Wildman–Crippen LogP) is 3.45. The number of aromatic nitrogens is 2. The summed E-state index contributed by atoms with van der Waals surface area (Å²) in [5, 5.41) is 14.6. The molecule has 90 valence electrons. The van der Waals surface area contributed by atoms with E-state index >= 15 is 0 Å². The zero-order chi connectivity index (χ0) is 12.6. The van der Waals surface area contributed by atoms with Gasteiger partial charge in [0.25, 0.3) is 0 Å². The molecular weight excluding hydrogens is 212 g/mol. The third-order valence-electron chi connectivity index (χ3n) is 2.90. The predicted molar refractivity (Wildman–Crippen MR) is 69.2 cm³/mol. The first kappa shape index (κ1) is 11.7. The van der Waals surface area contributed by atoms with Crippen molar-refractivity contribution in [3.63, 3.8) is 0 Å². The summed E-state index contributed by atoms with van der Waals surface area (Å²) in [6.07, 6.45) is 0. The van der Waals surface area contributed by atoms with E-state index < -0.39 is 0 Å². The highest BCUT2D eigenvalue weighted by Gasteiger charge is 2.16. The van der Waals surface area contributed by atoms with E-state index in [-0.39, 0.29) is 11.8 Å². The van der Waals surface area contributed by atoms with Crippen LogP contribution in [0.4, 0.5) is 0 Å². The molecule has 0 fully saturated rings. The van der Waals surface area contributed by atoms with Crippen LogP contribution in [0, 0.1) is 13.8 Å². The molecule has 17 heavy (non-hydrogen) atoms. The van der Waals surface area contributed by atoms with Gasteiger partial charge in [-0.25, -0.2) is 0 Å². The number of hydrogen-bond acceptors (Lipinski definition) is 2. The molecule has 0 saturated carbocycles. The van der Waals surface area contributed by atoms with Crippen molar-refractivity contribution in [1.29, 1.82) is 0 Å². The minimum atomic E-state index is 0.249. The second-order valence-electron chi connectivity index (χ2n) is 4.69. The number of benzene rings is 1. The van der Waals surface area contributed by atoms with Gasteiger partial charge in [0, 0.05) is 11.6 Å². The molecule has 0 aliphatic rings. The second kappa shape index (κ2) is 4.24. The van der Waals surface area contributed by atoms with Crippen molar-refractivity contribution < 1.29 is 5.11 Å². The highest BCUT2D eigenvalue weighted by atomic mass is 16.3. The molecule has 0 saturated heterocycles. The Kier molecular flexibility index (Phi) is 2.92. The molecular formula is C14H18N2O. The molecule has 1 aromatic heterocycles. The molecule has 0 amide bonds. The normalized spacial score (nSPS) is 11.1. The van der Waals surface area contributed by atoms with Crippen molar-refractivity contribution in [2.24, 2.45) is 0 Å². The third-order valence-corrected chi connectivity index (χ3v) is 2.90. The van der Waals surface area contributed by atoms with E-state index in [9.17, 15) is 5.11 Å². The van der Waals surface area contributed by atoms with Crippen LogP contribution in [0.3, 0.4) is 0 Å². The van der Waals surface area contributed by atoms with E-state index in [1.54, 1.807) is 0 Å². The van der Waals surface area contributed by atoms with Crippen LogP contribution in [0.15, 0.2) is 24.3 Å². The molecule has 0 atom stereocenters. The van der Waals surface area contributed by atoms with Crippen molar-refractivity contribution in [3.8, 4) is 17.0 Å². The molecule has 1 heterocycles. The lowest BCUT2D eigenvalue weighted by Crippen LogP contribution is -2.04. The molecule has 1 N–H and O–H groups in total. The number of aromatic hydroxyl groups is 1. The molecule has 3 heteroatoms. The maximum absolute atomic E-state index is 10.1. The summed E-state index contributed by atoms with van der Waals surface area (Å²) in [4.78, 5) is 0. The minimum absolute atomic E-state index is 0.249. The van der Waals surface area contributed by atoms with Gasteiger partial charge < -0.3 is 5.11 Å². The molecule has 3 nitrogen and oxygen atoms in total. The summed E-state index contributed by atoms with van der Waals surface area (Å²) < 4.78 is 1.85. The zero-order valence-corrected chi connectivity index (χ0v) is 10.7. The summed E-state index contributed by atoms with van der Waals surface area (Å²) >= 11 is 0. The molecule has 2 aromatic rings. The van der Waals surface area contributed by atoms with E-state index in [1.165, 1.54) is 5.56 Å². The molecule has 0 spiro atoms. The monoisotopic (exact) mass is 230 g/mol. The van der Waals surface area contributed by atoms with Gasteiger partial charge in [0.2, 0.25) is 0 Å². The van der Waals surface area contributed by atoms with Gasteiger partial charge in [0.1, 0.15) is 5.69 Å².